The van der Waals surface area contributed by atoms with Gasteiger partial charge in [0.1, 0.15) is 5.82 Å². The van der Waals surface area contributed by atoms with E-state index in [1.54, 1.807) is 0 Å². The number of aromatic nitrogens is 3. The van der Waals surface area contributed by atoms with Crippen molar-refractivity contribution in [2.75, 3.05) is 13.1 Å². The molecule has 2 aromatic heterocycles. The molecule has 1 fully saturated rings. The zero-order valence-electron chi connectivity index (χ0n) is 14.7. The molecule has 0 amide bonds. The lowest BCUT2D eigenvalue weighted by Crippen LogP contribution is -2.35. The molecule has 0 bridgehead atoms. The summed E-state index contributed by atoms with van der Waals surface area (Å²) in [5, 5.41) is 1.20. The van der Waals surface area contributed by atoms with Gasteiger partial charge in [-0.3, -0.25) is 4.90 Å². The molecule has 0 unspecified atom stereocenters. The molecule has 4 nitrogen and oxygen atoms in total. The molecule has 0 radical (unpaired) electrons. The molecule has 1 atom stereocenters. The third kappa shape index (κ3) is 3.66. The van der Waals surface area contributed by atoms with Crippen LogP contribution in [-0.2, 0) is 13.0 Å². The number of hydrogen-bond acceptors (Lipinski definition) is 4. The molecule has 0 saturated carbocycles. The van der Waals surface area contributed by atoms with E-state index in [-0.39, 0.29) is 0 Å². The SMILES string of the molecule is CCc1nc(C)sc1CN1CCC[C@@H](c2nccn2C(C)C)C1. The van der Waals surface area contributed by atoms with Gasteiger partial charge in [-0.2, -0.15) is 0 Å². The lowest BCUT2D eigenvalue weighted by molar-refractivity contribution is 0.195. The molecule has 3 heterocycles. The summed E-state index contributed by atoms with van der Waals surface area (Å²) in [7, 11) is 0. The highest BCUT2D eigenvalue weighted by Crippen LogP contribution is 2.29. The van der Waals surface area contributed by atoms with Gasteiger partial charge in [0.05, 0.1) is 10.7 Å². The molecule has 3 rings (SSSR count). The van der Waals surface area contributed by atoms with E-state index in [0.29, 0.717) is 12.0 Å². The van der Waals surface area contributed by atoms with Crippen molar-refractivity contribution in [1.29, 1.82) is 0 Å². The van der Waals surface area contributed by atoms with E-state index in [1.165, 1.54) is 40.8 Å². The van der Waals surface area contributed by atoms with Gasteiger partial charge in [0.25, 0.3) is 0 Å². The van der Waals surface area contributed by atoms with E-state index >= 15 is 0 Å². The van der Waals surface area contributed by atoms with Crippen LogP contribution in [0.3, 0.4) is 0 Å². The largest absolute Gasteiger partial charge is 0.332 e. The first kappa shape index (κ1) is 16.7. The van der Waals surface area contributed by atoms with Crippen LogP contribution in [-0.4, -0.2) is 32.5 Å². The van der Waals surface area contributed by atoms with Crippen LogP contribution < -0.4 is 0 Å². The minimum Gasteiger partial charge on any atom is -0.332 e. The van der Waals surface area contributed by atoms with E-state index in [9.17, 15) is 0 Å². The second-order valence-corrected chi connectivity index (χ2v) is 8.10. The van der Waals surface area contributed by atoms with Crippen molar-refractivity contribution in [2.45, 2.75) is 65.5 Å². The Kier molecular flexibility index (Phi) is 5.17. The maximum Gasteiger partial charge on any atom is 0.113 e. The Morgan fingerprint density at radius 2 is 2.22 bits per heavy atom. The number of likely N-dealkylation sites (tertiary alicyclic amines) is 1. The standard InChI is InChI=1S/C18H28N4S/c1-5-16-17(23-14(4)20-16)12-21-9-6-7-15(11-21)18-19-8-10-22(18)13(2)3/h8,10,13,15H,5-7,9,11-12H2,1-4H3/t15-/m1/s1. The van der Waals surface area contributed by atoms with Gasteiger partial charge in [0, 0.05) is 42.3 Å². The normalized spacial score (nSPS) is 19.6. The van der Waals surface area contributed by atoms with Crippen LogP contribution in [0.1, 0.15) is 67.0 Å². The number of hydrogen-bond donors (Lipinski definition) is 0. The summed E-state index contributed by atoms with van der Waals surface area (Å²) in [6.07, 6.45) is 7.63. The van der Waals surface area contributed by atoms with E-state index in [1.807, 2.05) is 17.5 Å². The number of rotatable bonds is 5. The number of aryl methyl sites for hydroxylation is 2. The zero-order chi connectivity index (χ0) is 16.4. The van der Waals surface area contributed by atoms with Gasteiger partial charge in [0.15, 0.2) is 0 Å². The van der Waals surface area contributed by atoms with Crippen molar-refractivity contribution in [2.24, 2.45) is 0 Å². The van der Waals surface area contributed by atoms with Crippen LogP contribution in [0.25, 0.3) is 0 Å². The van der Waals surface area contributed by atoms with Crippen LogP contribution in [0.5, 0.6) is 0 Å². The molecular formula is C18H28N4S. The number of imidazole rings is 1. The second-order valence-electron chi connectivity index (χ2n) is 6.82. The van der Waals surface area contributed by atoms with Gasteiger partial charge < -0.3 is 4.57 Å². The monoisotopic (exact) mass is 332 g/mol. The Hall–Kier alpha value is -1.20. The molecule has 0 aromatic carbocycles. The van der Waals surface area contributed by atoms with Crippen molar-refractivity contribution < 1.29 is 0 Å². The van der Waals surface area contributed by atoms with Gasteiger partial charge in [-0.05, 0) is 46.6 Å². The Morgan fingerprint density at radius 3 is 2.96 bits per heavy atom. The fourth-order valence-electron chi connectivity index (χ4n) is 3.60. The van der Waals surface area contributed by atoms with Crippen LogP contribution in [0.2, 0.25) is 0 Å². The first-order chi connectivity index (χ1) is 11.1. The van der Waals surface area contributed by atoms with Crippen molar-refractivity contribution in [3.8, 4) is 0 Å². The van der Waals surface area contributed by atoms with Crippen LogP contribution >= 0.6 is 11.3 Å². The average molecular weight is 333 g/mol. The van der Waals surface area contributed by atoms with Crippen molar-refractivity contribution >= 4 is 11.3 Å². The Balaban J connectivity index is 1.72. The van der Waals surface area contributed by atoms with Crippen LogP contribution in [0, 0.1) is 6.92 Å². The quantitative estimate of drug-likeness (QED) is 0.824. The lowest BCUT2D eigenvalue weighted by atomic mass is 9.96. The topological polar surface area (TPSA) is 34.0 Å². The fourth-order valence-corrected chi connectivity index (χ4v) is 4.67. The van der Waals surface area contributed by atoms with Gasteiger partial charge in [-0.1, -0.05) is 6.92 Å². The molecule has 23 heavy (non-hydrogen) atoms. The average Bonchev–Trinajstić information content (AvgIpc) is 3.14. The summed E-state index contributed by atoms with van der Waals surface area (Å²) in [5.74, 6) is 1.82. The Labute approximate surface area is 143 Å². The highest BCUT2D eigenvalue weighted by atomic mass is 32.1. The van der Waals surface area contributed by atoms with Crippen molar-refractivity contribution in [1.82, 2.24) is 19.4 Å². The summed E-state index contributed by atoms with van der Waals surface area (Å²) in [6.45, 7) is 12.2. The van der Waals surface area contributed by atoms with Crippen molar-refractivity contribution in [3.63, 3.8) is 0 Å². The highest BCUT2D eigenvalue weighted by Gasteiger charge is 2.26. The van der Waals surface area contributed by atoms with E-state index in [4.69, 9.17) is 0 Å². The molecule has 1 aliphatic heterocycles. The van der Waals surface area contributed by atoms with Gasteiger partial charge in [-0.25, -0.2) is 9.97 Å². The molecule has 5 heteroatoms. The van der Waals surface area contributed by atoms with Crippen molar-refractivity contribution in [3.05, 3.63) is 33.8 Å². The second kappa shape index (κ2) is 7.14. The first-order valence-electron chi connectivity index (χ1n) is 8.78. The van der Waals surface area contributed by atoms with Crippen LogP contribution in [0.15, 0.2) is 12.4 Å². The molecule has 0 aliphatic carbocycles. The number of piperidine rings is 1. The van der Waals surface area contributed by atoms with E-state index < -0.39 is 0 Å². The van der Waals surface area contributed by atoms with E-state index in [2.05, 4.69) is 53.3 Å². The Morgan fingerprint density at radius 1 is 1.39 bits per heavy atom. The molecule has 126 valence electrons. The summed E-state index contributed by atoms with van der Waals surface area (Å²) < 4.78 is 2.34. The molecule has 1 aliphatic rings. The number of thiazole rings is 1. The summed E-state index contributed by atoms with van der Waals surface area (Å²) in [4.78, 5) is 13.4. The smallest absolute Gasteiger partial charge is 0.113 e. The van der Waals surface area contributed by atoms with Crippen LogP contribution in [0.4, 0.5) is 0 Å². The lowest BCUT2D eigenvalue weighted by Gasteiger charge is -2.33. The van der Waals surface area contributed by atoms with Gasteiger partial charge in [-0.15, -0.1) is 11.3 Å². The maximum absolute atomic E-state index is 4.68. The summed E-state index contributed by atoms with van der Waals surface area (Å²) >= 11 is 1.87. The minimum absolute atomic E-state index is 0.485. The van der Waals surface area contributed by atoms with E-state index in [0.717, 1.165) is 19.5 Å². The third-order valence-corrected chi connectivity index (χ3v) is 5.71. The predicted molar refractivity (Wildman–Crippen MR) is 96.1 cm³/mol. The first-order valence-corrected chi connectivity index (χ1v) is 9.60. The predicted octanol–water partition coefficient (Wildman–Crippen LogP) is 4.17. The zero-order valence-corrected chi connectivity index (χ0v) is 15.6. The van der Waals surface area contributed by atoms with Gasteiger partial charge in [0.2, 0.25) is 0 Å². The fraction of sp³-hybridized carbons (Fsp3) is 0.667. The maximum atomic E-state index is 4.68. The molecular weight excluding hydrogens is 304 g/mol. The highest BCUT2D eigenvalue weighted by molar-refractivity contribution is 7.11. The molecule has 0 spiro atoms. The summed E-state index contributed by atoms with van der Waals surface area (Å²) in [5.41, 5.74) is 1.29. The molecule has 0 N–H and O–H groups in total. The molecule has 2 aromatic rings. The van der Waals surface area contributed by atoms with Gasteiger partial charge >= 0.3 is 0 Å². The third-order valence-electron chi connectivity index (χ3n) is 4.71. The Bertz CT molecular complexity index is 643. The molecule has 1 saturated heterocycles. The minimum atomic E-state index is 0.485. The number of nitrogens with zero attached hydrogens (tertiary/aromatic N) is 4. The summed E-state index contributed by atoms with van der Waals surface area (Å²) in [6, 6.07) is 0.485.